The Morgan fingerprint density at radius 3 is 2.53 bits per heavy atom. The first-order valence-electron chi connectivity index (χ1n) is 6.37. The second-order valence-corrected chi connectivity index (χ2v) is 5.39. The molecule has 0 aliphatic heterocycles. The van der Waals surface area contributed by atoms with E-state index in [4.69, 9.17) is 5.73 Å². The first-order valence-corrected chi connectivity index (χ1v) is 7.16. The fourth-order valence-corrected chi connectivity index (χ4v) is 2.51. The fraction of sp³-hybridized carbons (Fsp3) is 0.571. The first-order chi connectivity index (χ1) is 8.08. The van der Waals surface area contributed by atoms with Gasteiger partial charge in [0.1, 0.15) is 0 Å². The summed E-state index contributed by atoms with van der Waals surface area (Å²) in [5, 5.41) is 0. The van der Waals surface area contributed by atoms with E-state index in [1.165, 1.54) is 22.1 Å². The van der Waals surface area contributed by atoms with E-state index in [2.05, 4.69) is 52.9 Å². The van der Waals surface area contributed by atoms with E-state index in [0.29, 0.717) is 0 Å². The highest BCUT2D eigenvalue weighted by Gasteiger charge is 2.07. The van der Waals surface area contributed by atoms with Crippen LogP contribution in [0.3, 0.4) is 0 Å². The van der Waals surface area contributed by atoms with E-state index >= 15 is 0 Å². The molecule has 0 aromatic heterocycles. The summed E-state index contributed by atoms with van der Waals surface area (Å²) >= 11 is 3.64. The topological polar surface area (TPSA) is 29.3 Å². The van der Waals surface area contributed by atoms with Gasteiger partial charge in [0.2, 0.25) is 0 Å². The van der Waals surface area contributed by atoms with Gasteiger partial charge in [0.15, 0.2) is 0 Å². The van der Waals surface area contributed by atoms with Crippen molar-refractivity contribution in [3.63, 3.8) is 0 Å². The zero-order chi connectivity index (χ0) is 12.8. The van der Waals surface area contributed by atoms with Gasteiger partial charge in [0, 0.05) is 29.3 Å². The van der Waals surface area contributed by atoms with Crippen molar-refractivity contribution in [1.29, 1.82) is 0 Å². The van der Waals surface area contributed by atoms with Crippen molar-refractivity contribution in [1.82, 2.24) is 0 Å². The minimum Gasteiger partial charge on any atom is -0.372 e. The van der Waals surface area contributed by atoms with Crippen LogP contribution in [-0.2, 0) is 6.42 Å². The number of hydrogen-bond donors (Lipinski definition) is 1. The Balaban J connectivity index is 2.86. The van der Waals surface area contributed by atoms with Crippen LogP contribution in [0.2, 0.25) is 0 Å². The quantitative estimate of drug-likeness (QED) is 0.870. The smallest absolute Gasteiger partial charge is 0.0377 e. The molecule has 0 aliphatic carbocycles. The number of rotatable bonds is 6. The molecular formula is C14H23BrN2. The third-order valence-corrected chi connectivity index (χ3v) is 3.56. The van der Waals surface area contributed by atoms with Gasteiger partial charge in [0.25, 0.3) is 0 Å². The summed E-state index contributed by atoms with van der Waals surface area (Å²) in [6, 6.07) is 6.79. The minimum absolute atomic E-state index is 0.204. The summed E-state index contributed by atoms with van der Waals surface area (Å²) in [7, 11) is 0. The first kappa shape index (κ1) is 14.5. The van der Waals surface area contributed by atoms with Crippen molar-refractivity contribution in [2.24, 2.45) is 5.73 Å². The fourth-order valence-electron chi connectivity index (χ4n) is 1.99. The van der Waals surface area contributed by atoms with Crippen molar-refractivity contribution >= 4 is 21.6 Å². The van der Waals surface area contributed by atoms with Crippen LogP contribution in [-0.4, -0.2) is 19.1 Å². The highest BCUT2D eigenvalue weighted by molar-refractivity contribution is 9.10. The molecule has 0 heterocycles. The van der Waals surface area contributed by atoms with E-state index in [1.54, 1.807) is 0 Å². The van der Waals surface area contributed by atoms with Crippen LogP contribution in [0, 0.1) is 0 Å². The van der Waals surface area contributed by atoms with Crippen molar-refractivity contribution in [3.05, 3.63) is 28.2 Å². The summed E-state index contributed by atoms with van der Waals surface area (Å²) in [6.07, 6.45) is 2.09. The van der Waals surface area contributed by atoms with Crippen LogP contribution < -0.4 is 10.6 Å². The molecule has 0 radical (unpaired) electrons. The van der Waals surface area contributed by atoms with E-state index in [-0.39, 0.29) is 6.04 Å². The standard InChI is InChI=1S/C14H23BrN2/c1-4-8-17(5-2)13-7-6-12(9-11(3)16)14(15)10-13/h6-7,10-11H,4-5,8-9,16H2,1-3H3. The Morgan fingerprint density at radius 1 is 1.35 bits per heavy atom. The Hall–Kier alpha value is -0.540. The Labute approximate surface area is 113 Å². The molecule has 1 aromatic carbocycles. The van der Waals surface area contributed by atoms with Gasteiger partial charge in [-0.2, -0.15) is 0 Å². The van der Waals surface area contributed by atoms with Crippen LogP contribution in [0.25, 0.3) is 0 Å². The lowest BCUT2D eigenvalue weighted by atomic mass is 10.1. The summed E-state index contributed by atoms with van der Waals surface area (Å²) in [5.74, 6) is 0. The lowest BCUT2D eigenvalue weighted by Gasteiger charge is -2.23. The molecule has 0 spiro atoms. The molecule has 3 heteroatoms. The third-order valence-electron chi connectivity index (χ3n) is 2.82. The number of nitrogens with two attached hydrogens (primary N) is 1. The molecule has 1 rings (SSSR count). The maximum Gasteiger partial charge on any atom is 0.0377 e. The summed E-state index contributed by atoms with van der Waals surface area (Å²) in [6.45, 7) is 8.60. The number of halogens is 1. The molecule has 0 bridgehead atoms. The highest BCUT2D eigenvalue weighted by Crippen LogP contribution is 2.25. The van der Waals surface area contributed by atoms with E-state index in [9.17, 15) is 0 Å². The Bertz CT molecular complexity index is 350. The second kappa shape index (κ2) is 7.02. The van der Waals surface area contributed by atoms with Gasteiger partial charge in [-0.15, -0.1) is 0 Å². The van der Waals surface area contributed by atoms with E-state index in [0.717, 1.165) is 19.5 Å². The second-order valence-electron chi connectivity index (χ2n) is 4.54. The molecule has 0 saturated carbocycles. The normalized spacial score (nSPS) is 12.5. The molecule has 2 N–H and O–H groups in total. The number of benzene rings is 1. The van der Waals surface area contributed by atoms with Gasteiger partial charge >= 0.3 is 0 Å². The lowest BCUT2D eigenvalue weighted by Crippen LogP contribution is -2.23. The molecule has 0 aliphatic rings. The van der Waals surface area contributed by atoms with E-state index < -0.39 is 0 Å². The number of anilines is 1. The zero-order valence-corrected chi connectivity index (χ0v) is 12.6. The molecule has 96 valence electrons. The molecule has 0 amide bonds. The van der Waals surface area contributed by atoms with Crippen molar-refractivity contribution in [3.8, 4) is 0 Å². The van der Waals surface area contributed by atoms with Gasteiger partial charge in [-0.25, -0.2) is 0 Å². The van der Waals surface area contributed by atoms with Crippen LogP contribution >= 0.6 is 15.9 Å². The summed E-state index contributed by atoms with van der Waals surface area (Å²) in [5.41, 5.74) is 8.41. The van der Waals surface area contributed by atoms with Crippen molar-refractivity contribution in [2.45, 2.75) is 39.7 Å². The monoisotopic (exact) mass is 298 g/mol. The number of nitrogens with zero attached hydrogens (tertiary/aromatic N) is 1. The van der Waals surface area contributed by atoms with E-state index in [1.807, 2.05) is 6.92 Å². The van der Waals surface area contributed by atoms with Gasteiger partial charge in [0.05, 0.1) is 0 Å². The molecular weight excluding hydrogens is 276 g/mol. The molecule has 0 fully saturated rings. The molecule has 1 unspecified atom stereocenters. The molecule has 17 heavy (non-hydrogen) atoms. The predicted molar refractivity (Wildman–Crippen MR) is 79.7 cm³/mol. The van der Waals surface area contributed by atoms with Gasteiger partial charge < -0.3 is 10.6 Å². The Kier molecular flexibility index (Phi) is 6.00. The molecule has 1 atom stereocenters. The van der Waals surface area contributed by atoms with Gasteiger partial charge in [-0.05, 0) is 44.4 Å². The summed E-state index contributed by atoms with van der Waals surface area (Å²) in [4.78, 5) is 2.39. The lowest BCUT2D eigenvalue weighted by molar-refractivity contribution is 0.735. The third kappa shape index (κ3) is 4.32. The van der Waals surface area contributed by atoms with Gasteiger partial charge in [-0.3, -0.25) is 0 Å². The van der Waals surface area contributed by atoms with Crippen molar-refractivity contribution < 1.29 is 0 Å². The average molecular weight is 299 g/mol. The largest absolute Gasteiger partial charge is 0.372 e. The average Bonchev–Trinajstić information content (AvgIpc) is 2.28. The molecule has 0 saturated heterocycles. The number of hydrogen-bond acceptors (Lipinski definition) is 2. The maximum atomic E-state index is 5.83. The summed E-state index contributed by atoms with van der Waals surface area (Å²) < 4.78 is 1.17. The van der Waals surface area contributed by atoms with Gasteiger partial charge in [-0.1, -0.05) is 28.9 Å². The van der Waals surface area contributed by atoms with Crippen LogP contribution in [0.4, 0.5) is 5.69 Å². The molecule has 2 nitrogen and oxygen atoms in total. The predicted octanol–water partition coefficient (Wildman–Crippen LogP) is 3.58. The SMILES string of the molecule is CCCN(CC)c1ccc(CC(C)N)c(Br)c1. The van der Waals surface area contributed by atoms with Crippen LogP contribution in [0.5, 0.6) is 0 Å². The zero-order valence-electron chi connectivity index (χ0n) is 11.0. The minimum atomic E-state index is 0.204. The van der Waals surface area contributed by atoms with Crippen molar-refractivity contribution in [2.75, 3.05) is 18.0 Å². The molecule has 1 aromatic rings. The van der Waals surface area contributed by atoms with Crippen LogP contribution in [0.1, 0.15) is 32.8 Å². The Morgan fingerprint density at radius 2 is 2.06 bits per heavy atom. The van der Waals surface area contributed by atoms with Crippen LogP contribution in [0.15, 0.2) is 22.7 Å². The maximum absolute atomic E-state index is 5.83. The highest BCUT2D eigenvalue weighted by atomic mass is 79.9.